The molecule has 0 saturated carbocycles. The number of fused-ring (bicyclic) bond motifs is 1. The van der Waals surface area contributed by atoms with Crippen LogP contribution >= 0.6 is 0 Å². The van der Waals surface area contributed by atoms with Crippen molar-refractivity contribution in [3.8, 4) is 23.2 Å². The Morgan fingerprint density at radius 1 is 1.09 bits per heavy atom. The quantitative estimate of drug-likeness (QED) is 0.796. The van der Waals surface area contributed by atoms with E-state index < -0.39 is 0 Å². The van der Waals surface area contributed by atoms with Crippen molar-refractivity contribution >= 4 is 17.0 Å². The molecule has 0 aliphatic carbocycles. The molecular weight excluding hydrogens is 278 g/mol. The number of pyridine rings is 1. The van der Waals surface area contributed by atoms with Crippen molar-refractivity contribution in [2.75, 3.05) is 12.3 Å². The zero-order chi connectivity index (χ0) is 15.5. The van der Waals surface area contributed by atoms with Gasteiger partial charge in [0.15, 0.2) is 5.52 Å². The second kappa shape index (κ2) is 5.66. The standard InChI is InChI=1S/C16H13N5O/c1-2-22-15-14-13(20-16(18)21-15)8-7-12(19-14)11-5-3-10(9-17)4-6-11/h3-8H,2H2,1H3,(H2,18,20,21). The summed E-state index contributed by atoms with van der Waals surface area (Å²) >= 11 is 0. The molecule has 0 unspecified atom stereocenters. The third-order valence-electron chi connectivity index (χ3n) is 3.12. The molecule has 1 aromatic carbocycles. The third kappa shape index (κ3) is 2.52. The molecule has 0 aliphatic rings. The molecule has 6 nitrogen and oxygen atoms in total. The molecule has 0 spiro atoms. The smallest absolute Gasteiger partial charge is 0.245 e. The van der Waals surface area contributed by atoms with E-state index >= 15 is 0 Å². The van der Waals surface area contributed by atoms with Gasteiger partial charge in [0.05, 0.1) is 29.5 Å². The van der Waals surface area contributed by atoms with Gasteiger partial charge in [-0.2, -0.15) is 10.2 Å². The van der Waals surface area contributed by atoms with Crippen molar-refractivity contribution in [2.45, 2.75) is 6.92 Å². The summed E-state index contributed by atoms with van der Waals surface area (Å²) in [5.41, 5.74) is 9.14. The number of aromatic nitrogens is 3. The fourth-order valence-electron chi connectivity index (χ4n) is 2.12. The monoisotopic (exact) mass is 291 g/mol. The summed E-state index contributed by atoms with van der Waals surface area (Å²) in [7, 11) is 0. The zero-order valence-electron chi connectivity index (χ0n) is 11.9. The lowest BCUT2D eigenvalue weighted by molar-refractivity contribution is 0.330. The maximum Gasteiger partial charge on any atom is 0.245 e. The Kier molecular flexibility index (Phi) is 3.54. The van der Waals surface area contributed by atoms with Crippen LogP contribution in [0.1, 0.15) is 12.5 Å². The van der Waals surface area contributed by atoms with E-state index in [0.717, 1.165) is 11.3 Å². The average Bonchev–Trinajstić information content (AvgIpc) is 2.55. The number of rotatable bonds is 3. The fourth-order valence-corrected chi connectivity index (χ4v) is 2.12. The van der Waals surface area contributed by atoms with E-state index in [9.17, 15) is 0 Å². The Morgan fingerprint density at radius 2 is 1.86 bits per heavy atom. The molecule has 0 saturated heterocycles. The second-order valence-electron chi connectivity index (χ2n) is 4.57. The Hall–Kier alpha value is -3.20. The summed E-state index contributed by atoms with van der Waals surface area (Å²) in [6.07, 6.45) is 0. The Labute approximate surface area is 127 Å². The van der Waals surface area contributed by atoms with Gasteiger partial charge < -0.3 is 10.5 Å². The Morgan fingerprint density at radius 3 is 2.55 bits per heavy atom. The lowest BCUT2D eigenvalue weighted by atomic mass is 10.1. The number of nitriles is 1. The molecule has 0 aliphatic heterocycles. The zero-order valence-corrected chi connectivity index (χ0v) is 11.9. The Balaban J connectivity index is 2.13. The first-order valence-corrected chi connectivity index (χ1v) is 6.79. The van der Waals surface area contributed by atoms with Crippen molar-refractivity contribution in [2.24, 2.45) is 0 Å². The summed E-state index contributed by atoms with van der Waals surface area (Å²) in [6.45, 7) is 2.34. The van der Waals surface area contributed by atoms with Crippen LogP contribution in [0, 0.1) is 11.3 Å². The van der Waals surface area contributed by atoms with Crippen molar-refractivity contribution in [3.63, 3.8) is 0 Å². The molecule has 2 heterocycles. The van der Waals surface area contributed by atoms with Gasteiger partial charge in [-0.15, -0.1) is 0 Å². The molecule has 0 atom stereocenters. The number of hydrogen-bond donors (Lipinski definition) is 1. The normalized spacial score (nSPS) is 10.4. The minimum absolute atomic E-state index is 0.156. The number of nitrogens with zero attached hydrogens (tertiary/aromatic N) is 4. The van der Waals surface area contributed by atoms with Crippen LogP contribution in [0.3, 0.4) is 0 Å². The van der Waals surface area contributed by atoms with Crippen LogP contribution in [-0.4, -0.2) is 21.6 Å². The van der Waals surface area contributed by atoms with E-state index in [1.165, 1.54) is 0 Å². The largest absolute Gasteiger partial charge is 0.476 e. The number of benzene rings is 1. The molecule has 108 valence electrons. The third-order valence-corrected chi connectivity index (χ3v) is 3.12. The molecule has 3 rings (SSSR count). The van der Waals surface area contributed by atoms with Crippen LogP contribution in [0.4, 0.5) is 5.95 Å². The van der Waals surface area contributed by atoms with Gasteiger partial charge in [0.2, 0.25) is 11.8 Å². The fraction of sp³-hybridized carbons (Fsp3) is 0.125. The van der Waals surface area contributed by atoms with Crippen LogP contribution in [-0.2, 0) is 0 Å². The van der Waals surface area contributed by atoms with Crippen molar-refractivity contribution in [3.05, 3.63) is 42.0 Å². The number of nitrogen functional groups attached to an aromatic ring is 1. The van der Waals surface area contributed by atoms with Crippen LogP contribution < -0.4 is 10.5 Å². The maximum atomic E-state index is 8.85. The molecule has 6 heteroatoms. The van der Waals surface area contributed by atoms with E-state index in [0.29, 0.717) is 29.1 Å². The highest BCUT2D eigenvalue weighted by molar-refractivity contribution is 5.83. The van der Waals surface area contributed by atoms with Gasteiger partial charge >= 0.3 is 0 Å². The minimum Gasteiger partial charge on any atom is -0.476 e. The van der Waals surface area contributed by atoms with E-state index in [1.807, 2.05) is 31.2 Å². The van der Waals surface area contributed by atoms with Crippen molar-refractivity contribution in [1.82, 2.24) is 15.0 Å². The minimum atomic E-state index is 0.156. The first-order valence-electron chi connectivity index (χ1n) is 6.79. The highest BCUT2D eigenvalue weighted by atomic mass is 16.5. The summed E-state index contributed by atoms with van der Waals surface area (Å²) in [6, 6.07) is 13.0. The molecule has 2 aromatic heterocycles. The predicted molar refractivity (Wildman–Crippen MR) is 83.1 cm³/mol. The molecule has 0 bridgehead atoms. The van der Waals surface area contributed by atoms with Gasteiger partial charge in [-0.25, -0.2) is 9.97 Å². The molecular formula is C16H13N5O. The lowest BCUT2D eigenvalue weighted by Crippen LogP contribution is -2.02. The van der Waals surface area contributed by atoms with Gasteiger partial charge in [0, 0.05) is 5.56 Å². The topological polar surface area (TPSA) is 97.7 Å². The van der Waals surface area contributed by atoms with Gasteiger partial charge in [-0.3, -0.25) is 0 Å². The highest BCUT2D eigenvalue weighted by Gasteiger charge is 2.10. The van der Waals surface area contributed by atoms with Crippen molar-refractivity contribution in [1.29, 1.82) is 5.26 Å². The van der Waals surface area contributed by atoms with E-state index in [2.05, 4.69) is 21.0 Å². The van der Waals surface area contributed by atoms with Gasteiger partial charge in [0.1, 0.15) is 0 Å². The summed E-state index contributed by atoms with van der Waals surface area (Å²) < 4.78 is 5.49. The van der Waals surface area contributed by atoms with E-state index in [1.54, 1.807) is 12.1 Å². The SMILES string of the molecule is CCOc1nc(N)nc2ccc(-c3ccc(C#N)cc3)nc12. The average molecular weight is 291 g/mol. The lowest BCUT2D eigenvalue weighted by Gasteiger charge is -2.08. The van der Waals surface area contributed by atoms with E-state index in [-0.39, 0.29) is 5.95 Å². The van der Waals surface area contributed by atoms with Gasteiger partial charge in [-0.1, -0.05) is 12.1 Å². The number of anilines is 1. The summed E-state index contributed by atoms with van der Waals surface area (Å²) in [5.74, 6) is 0.532. The molecule has 2 N–H and O–H groups in total. The Bertz CT molecular complexity index is 868. The highest BCUT2D eigenvalue weighted by Crippen LogP contribution is 2.26. The van der Waals surface area contributed by atoms with Crippen LogP contribution in [0.25, 0.3) is 22.3 Å². The summed E-state index contributed by atoms with van der Waals surface area (Å²) in [4.78, 5) is 12.8. The van der Waals surface area contributed by atoms with Crippen LogP contribution in [0.5, 0.6) is 5.88 Å². The van der Waals surface area contributed by atoms with Crippen LogP contribution in [0.2, 0.25) is 0 Å². The molecule has 0 fully saturated rings. The van der Waals surface area contributed by atoms with Gasteiger partial charge in [-0.05, 0) is 31.2 Å². The number of nitrogens with two attached hydrogens (primary N) is 1. The first kappa shape index (κ1) is 13.8. The number of hydrogen-bond acceptors (Lipinski definition) is 6. The molecule has 0 radical (unpaired) electrons. The van der Waals surface area contributed by atoms with E-state index in [4.69, 9.17) is 15.7 Å². The van der Waals surface area contributed by atoms with Gasteiger partial charge in [0.25, 0.3) is 0 Å². The molecule has 3 aromatic rings. The molecule has 0 amide bonds. The summed E-state index contributed by atoms with van der Waals surface area (Å²) in [5, 5.41) is 8.85. The van der Waals surface area contributed by atoms with Crippen molar-refractivity contribution < 1.29 is 4.74 Å². The maximum absolute atomic E-state index is 8.85. The molecule has 22 heavy (non-hydrogen) atoms. The second-order valence-corrected chi connectivity index (χ2v) is 4.57. The van der Waals surface area contributed by atoms with Crippen LogP contribution in [0.15, 0.2) is 36.4 Å². The number of ether oxygens (including phenoxy) is 1. The predicted octanol–water partition coefficient (Wildman–Crippen LogP) is 2.54. The first-order chi connectivity index (χ1) is 10.7.